The predicted octanol–water partition coefficient (Wildman–Crippen LogP) is 1.21. The highest BCUT2D eigenvalue weighted by atomic mass is 16.2. The molecule has 3 amide bonds. The standard InChI is InChI=1S/C16H24N6O2/c23-12-21-8-10-22(11-9-21)15-7-6-14(19-20-15)18-16(24)17-13-4-2-1-3-5-13/h6-7,12-13H,1-5,8-11H2,(H2,17,18,19,24). The monoisotopic (exact) mass is 332 g/mol. The Morgan fingerprint density at radius 3 is 2.46 bits per heavy atom. The van der Waals surface area contributed by atoms with Crippen molar-refractivity contribution in [2.45, 2.75) is 38.1 Å². The van der Waals surface area contributed by atoms with Crippen LogP contribution < -0.4 is 15.5 Å². The fourth-order valence-corrected chi connectivity index (χ4v) is 3.20. The van der Waals surface area contributed by atoms with Crippen molar-refractivity contribution in [3.8, 4) is 0 Å². The molecule has 8 nitrogen and oxygen atoms in total. The van der Waals surface area contributed by atoms with Gasteiger partial charge >= 0.3 is 6.03 Å². The molecular weight excluding hydrogens is 308 g/mol. The molecule has 2 aliphatic rings. The summed E-state index contributed by atoms with van der Waals surface area (Å²) in [5.74, 6) is 1.21. The summed E-state index contributed by atoms with van der Waals surface area (Å²) in [5.41, 5.74) is 0. The summed E-state index contributed by atoms with van der Waals surface area (Å²) in [5, 5.41) is 14.0. The molecule has 1 aromatic rings. The molecule has 1 aliphatic carbocycles. The van der Waals surface area contributed by atoms with Crippen molar-refractivity contribution in [1.82, 2.24) is 20.4 Å². The Kier molecular flexibility index (Phi) is 5.45. The summed E-state index contributed by atoms with van der Waals surface area (Å²) in [6.07, 6.45) is 6.58. The second-order valence-corrected chi connectivity index (χ2v) is 6.34. The molecule has 0 spiro atoms. The molecule has 130 valence electrons. The topological polar surface area (TPSA) is 90.5 Å². The molecule has 3 rings (SSSR count). The van der Waals surface area contributed by atoms with Crippen LogP contribution in [0.1, 0.15) is 32.1 Å². The fraction of sp³-hybridized carbons (Fsp3) is 0.625. The van der Waals surface area contributed by atoms with Crippen molar-refractivity contribution >= 4 is 24.1 Å². The number of anilines is 2. The van der Waals surface area contributed by atoms with Crippen LogP contribution in [0.4, 0.5) is 16.4 Å². The summed E-state index contributed by atoms with van der Waals surface area (Å²) >= 11 is 0. The maximum Gasteiger partial charge on any atom is 0.320 e. The minimum absolute atomic E-state index is 0.219. The molecule has 1 saturated carbocycles. The van der Waals surface area contributed by atoms with Gasteiger partial charge in [-0.3, -0.25) is 10.1 Å². The van der Waals surface area contributed by atoms with E-state index >= 15 is 0 Å². The highest BCUT2D eigenvalue weighted by Crippen LogP contribution is 2.18. The van der Waals surface area contributed by atoms with Crippen LogP contribution in [-0.2, 0) is 4.79 Å². The van der Waals surface area contributed by atoms with E-state index in [-0.39, 0.29) is 12.1 Å². The Balaban J connectivity index is 1.49. The lowest BCUT2D eigenvalue weighted by Crippen LogP contribution is -2.46. The molecule has 1 aromatic heterocycles. The molecule has 0 radical (unpaired) electrons. The van der Waals surface area contributed by atoms with Gasteiger partial charge in [0.05, 0.1) is 0 Å². The summed E-state index contributed by atoms with van der Waals surface area (Å²) < 4.78 is 0. The zero-order chi connectivity index (χ0) is 16.8. The van der Waals surface area contributed by atoms with Crippen molar-refractivity contribution in [2.75, 3.05) is 36.4 Å². The van der Waals surface area contributed by atoms with E-state index in [1.165, 1.54) is 19.3 Å². The number of hydrogen-bond acceptors (Lipinski definition) is 5. The van der Waals surface area contributed by atoms with E-state index in [0.717, 1.165) is 38.2 Å². The molecule has 2 fully saturated rings. The summed E-state index contributed by atoms with van der Waals surface area (Å²) in [7, 11) is 0. The van der Waals surface area contributed by atoms with Gasteiger partial charge in [-0.2, -0.15) is 0 Å². The third kappa shape index (κ3) is 4.33. The van der Waals surface area contributed by atoms with Crippen LogP contribution in [0.3, 0.4) is 0 Å². The minimum atomic E-state index is -0.219. The number of nitrogens with zero attached hydrogens (tertiary/aromatic N) is 4. The highest BCUT2D eigenvalue weighted by molar-refractivity contribution is 5.88. The Labute approximate surface area is 141 Å². The first-order chi connectivity index (χ1) is 11.7. The lowest BCUT2D eigenvalue weighted by atomic mass is 9.96. The zero-order valence-electron chi connectivity index (χ0n) is 13.8. The lowest BCUT2D eigenvalue weighted by molar-refractivity contribution is -0.118. The lowest BCUT2D eigenvalue weighted by Gasteiger charge is -2.32. The third-order valence-electron chi connectivity index (χ3n) is 4.62. The minimum Gasteiger partial charge on any atom is -0.352 e. The van der Waals surface area contributed by atoms with Gasteiger partial charge in [0.15, 0.2) is 11.6 Å². The van der Waals surface area contributed by atoms with E-state index in [1.54, 1.807) is 11.0 Å². The first-order valence-electron chi connectivity index (χ1n) is 8.60. The van der Waals surface area contributed by atoms with E-state index in [9.17, 15) is 9.59 Å². The van der Waals surface area contributed by atoms with Gasteiger partial charge in [-0.25, -0.2) is 4.79 Å². The van der Waals surface area contributed by atoms with Gasteiger partial charge in [-0.1, -0.05) is 19.3 Å². The van der Waals surface area contributed by atoms with Gasteiger partial charge in [0.2, 0.25) is 6.41 Å². The largest absolute Gasteiger partial charge is 0.352 e. The average molecular weight is 332 g/mol. The first-order valence-corrected chi connectivity index (χ1v) is 8.60. The van der Waals surface area contributed by atoms with Gasteiger partial charge < -0.3 is 15.1 Å². The Bertz CT molecular complexity index is 550. The molecule has 0 bridgehead atoms. The van der Waals surface area contributed by atoms with Crippen LogP contribution in [0, 0.1) is 0 Å². The molecule has 0 atom stereocenters. The van der Waals surface area contributed by atoms with Crippen LogP contribution in [0.25, 0.3) is 0 Å². The Hall–Kier alpha value is -2.38. The van der Waals surface area contributed by atoms with Gasteiger partial charge in [-0.05, 0) is 25.0 Å². The molecular formula is C16H24N6O2. The van der Waals surface area contributed by atoms with Crippen molar-refractivity contribution in [2.24, 2.45) is 0 Å². The Morgan fingerprint density at radius 1 is 1.08 bits per heavy atom. The van der Waals surface area contributed by atoms with Gasteiger partial charge in [0, 0.05) is 32.2 Å². The molecule has 0 aromatic carbocycles. The highest BCUT2D eigenvalue weighted by Gasteiger charge is 2.18. The molecule has 8 heteroatoms. The smallest absolute Gasteiger partial charge is 0.320 e. The predicted molar refractivity (Wildman–Crippen MR) is 90.9 cm³/mol. The van der Waals surface area contributed by atoms with Crippen LogP contribution in [0.15, 0.2) is 12.1 Å². The summed E-state index contributed by atoms with van der Waals surface area (Å²) in [6, 6.07) is 3.65. The maximum absolute atomic E-state index is 12.0. The van der Waals surface area contributed by atoms with Crippen molar-refractivity contribution in [3.63, 3.8) is 0 Å². The van der Waals surface area contributed by atoms with Crippen molar-refractivity contribution < 1.29 is 9.59 Å². The SMILES string of the molecule is O=CN1CCN(c2ccc(NC(=O)NC3CCCCC3)nn2)CC1. The first kappa shape index (κ1) is 16.5. The number of piperazine rings is 1. The second-order valence-electron chi connectivity index (χ2n) is 6.34. The molecule has 24 heavy (non-hydrogen) atoms. The Morgan fingerprint density at radius 2 is 1.83 bits per heavy atom. The van der Waals surface area contributed by atoms with Gasteiger partial charge in [0.25, 0.3) is 0 Å². The summed E-state index contributed by atoms with van der Waals surface area (Å²) in [4.78, 5) is 26.6. The van der Waals surface area contributed by atoms with Crippen LogP contribution in [0.5, 0.6) is 0 Å². The average Bonchev–Trinajstić information content (AvgIpc) is 2.63. The molecule has 1 saturated heterocycles. The van der Waals surface area contributed by atoms with Crippen LogP contribution >= 0.6 is 0 Å². The third-order valence-corrected chi connectivity index (χ3v) is 4.62. The number of urea groups is 1. The van der Waals surface area contributed by atoms with Crippen molar-refractivity contribution in [1.29, 1.82) is 0 Å². The quantitative estimate of drug-likeness (QED) is 0.809. The number of hydrogen-bond donors (Lipinski definition) is 2. The number of nitrogens with one attached hydrogen (secondary N) is 2. The van der Waals surface area contributed by atoms with E-state index in [4.69, 9.17) is 0 Å². The van der Waals surface area contributed by atoms with E-state index < -0.39 is 0 Å². The van der Waals surface area contributed by atoms with Gasteiger partial charge in [0.1, 0.15) is 0 Å². The molecule has 0 unspecified atom stereocenters. The van der Waals surface area contributed by atoms with E-state index in [0.29, 0.717) is 18.9 Å². The molecule has 2 heterocycles. The van der Waals surface area contributed by atoms with Gasteiger partial charge in [-0.15, -0.1) is 10.2 Å². The van der Waals surface area contributed by atoms with Crippen LogP contribution in [-0.4, -0.2) is 59.8 Å². The van der Waals surface area contributed by atoms with E-state index in [2.05, 4.69) is 25.7 Å². The van der Waals surface area contributed by atoms with Crippen LogP contribution in [0.2, 0.25) is 0 Å². The van der Waals surface area contributed by atoms with E-state index in [1.807, 2.05) is 6.07 Å². The normalized spacial score (nSPS) is 19.0. The number of amides is 3. The second kappa shape index (κ2) is 7.94. The summed E-state index contributed by atoms with van der Waals surface area (Å²) in [6.45, 7) is 2.86. The molecule has 2 N–H and O–H groups in total. The number of rotatable bonds is 4. The van der Waals surface area contributed by atoms with Crippen molar-refractivity contribution in [3.05, 3.63) is 12.1 Å². The molecule has 1 aliphatic heterocycles. The fourth-order valence-electron chi connectivity index (χ4n) is 3.20. The zero-order valence-corrected chi connectivity index (χ0v) is 13.8. The number of aromatic nitrogens is 2. The number of carbonyl (C=O) groups excluding carboxylic acids is 2. The number of carbonyl (C=O) groups is 2. The maximum atomic E-state index is 12.0.